The van der Waals surface area contributed by atoms with Crippen LogP contribution in [0.5, 0.6) is 0 Å². The van der Waals surface area contributed by atoms with Crippen molar-refractivity contribution in [2.45, 2.75) is 19.8 Å². The van der Waals surface area contributed by atoms with Gasteiger partial charge in [0, 0.05) is 30.0 Å². The number of rotatable bonds is 6. The number of aromatic nitrogens is 3. The Morgan fingerprint density at radius 3 is 2.56 bits per heavy atom. The van der Waals surface area contributed by atoms with Crippen molar-refractivity contribution in [1.82, 2.24) is 20.5 Å². The topological polar surface area (TPSA) is 70.7 Å². The molecule has 0 unspecified atom stereocenters. The van der Waals surface area contributed by atoms with E-state index in [0.29, 0.717) is 35.8 Å². The lowest BCUT2D eigenvalue weighted by molar-refractivity contribution is 0.0954. The fourth-order valence-corrected chi connectivity index (χ4v) is 2.54. The highest BCUT2D eigenvalue weighted by Gasteiger charge is 2.07. The van der Waals surface area contributed by atoms with E-state index in [4.69, 9.17) is 11.6 Å². The third-order valence-electron chi connectivity index (χ3n) is 3.81. The molecule has 0 spiro atoms. The molecule has 2 aromatic carbocycles. The van der Waals surface area contributed by atoms with Gasteiger partial charge < -0.3 is 5.32 Å². The van der Waals surface area contributed by atoms with Crippen LogP contribution in [0.25, 0.3) is 0 Å². The van der Waals surface area contributed by atoms with Crippen LogP contribution >= 0.6 is 11.6 Å². The molecule has 0 aliphatic carbocycles. The maximum Gasteiger partial charge on any atom is 0.251 e. The number of aromatic amines is 1. The van der Waals surface area contributed by atoms with Gasteiger partial charge in [-0.3, -0.25) is 9.89 Å². The van der Waals surface area contributed by atoms with Gasteiger partial charge in [-0.15, -0.1) is 0 Å². The number of nitrogens with zero attached hydrogens (tertiary/aromatic N) is 2. The summed E-state index contributed by atoms with van der Waals surface area (Å²) in [5.41, 5.74) is 3.00. The minimum atomic E-state index is -0.132. The van der Waals surface area contributed by atoms with Gasteiger partial charge in [0.1, 0.15) is 5.82 Å². The van der Waals surface area contributed by atoms with E-state index in [1.165, 1.54) is 11.1 Å². The largest absolute Gasteiger partial charge is 0.352 e. The summed E-state index contributed by atoms with van der Waals surface area (Å²) >= 11 is 5.82. The molecule has 6 heteroatoms. The Bertz CT molecular complexity index is 841. The van der Waals surface area contributed by atoms with Crippen LogP contribution in [0.3, 0.4) is 0 Å². The van der Waals surface area contributed by atoms with Crippen LogP contribution in [-0.2, 0) is 12.8 Å². The van der Waals surface area contributed by atoms with Crippen molar-refractivity contribution < 1.29 is 4.79 Å². The van der Waals surface area contributed by atoms with Crippen molar-refractivity contribution >= 4 is 17.5 Å². The van der Waals surface area contributed by atoms with Crippen LogP contribution in [0, 0.1) is 6.92 Å². The quantitative estimate of drug-likeness (QED) is 0.713. The Kier molecular flexibility index (Phi) is 5.46. The van der Waals surface area contributed by atoms with E-state index in [1.807, 2.05) is 0 Å². The Balaban J connectivity index is 1.49. The molecule has 128 valence electrons. The summed E-state index contributed by atoms with van der Waals surface area (Å²) < 4.78 is 0. The Labute approximate surface area is 151 Å². The average molecular weight is 355 g/mol. The molecule has 2 N–H and O–H groups in total. The third kappa shape index (κ3) is 4.90. The van der Waals surface area contributed by atoms with Crippen molar-refractivity contribution in [1.29, 1.82) is 0 Å². The fraction of sp³-hybridized carbons (Fsp3) is 0.211. The fourth-order valence-electron chi connectivity index (χ4n) is 2.42. The molecule has 5 nitrogen and oxygen atoms in total. The molecule has 0 atom stereocenters. The Hall–Kier alpha value is -2.66. The molecule has 25 heavy (non-hydrogen) atoms. The lowest BCUT2D eigenvalue weighted by Gasteiger charge is -2.03. The predicted octanol–water partition coefficient (Wildman–Crippen LogP) is 3.33. The number of hydrogen-bond donors (Lipinski definition) is 2. The van der Waals surface area contributed by atoms with Gasteiger partial charge >= 0.3 is 0 Å². The highest BCUT2D eigenvalue weighted by molar-refractivity contribution is 6.30. The van der Waals surface area contributed by atoms with Crippen LogP contribution < -0.4 is 5.32 Å². The van der Waals surface area contributed by atoms with Gasteiger partial charge in [-0.05, 0) is 36.8 Å². The summed E-state index contributed by atoms with van der Waals surface area (Å²) in [5.74, 6) is 1.38. The Morgan fingerprint density at radius 2 is 1.84 bits per heavy atom. The molecule has 3 aromatic rings. The lowest BCUT2D eigenvalue weighted by Crippen LogP contribution is -2.25. The molecule has 3 rings (SSSR count). The van der Waals surface area contributed by atoms with Crippen molar-refractivity contribution in [2.24, 2.45) is 0 Å². The minimum Gasteiger partial charge on any atom is -0.352 e. The normalized spacial score (nSPS) is 10.6. The number of aryl methyl sites for hydroxylation is 1. The van der Waals surface area contributed by atoms with Crippen LogP contribution in [0.2, 0.25) is 5.02 Å². The lowest BCUT2D eigenvalue weighted by atomic mass is 10.1. The number of nitrogens with one attached hydrogen (secondary N) is 2. The smallest absolute Gasteiger partial charge is 0.251 e. The monoisotopic (exact) mass is 354 g/mol. The molecular formula is C19H19ClN4O. The molecule has 1 heterocycles. The highest BCUT2D eigenvalue weighted by atomic mass is 35.5. The standard InChI is InChI=1S/C19H19ClN4O/c1-13-2-4-14(5-3-13)12-18-22-17(23-24-18)10-11-21-19(25)15-6-8-16(20)9-7-15/h2-9H,10-12H2,1H3,(H,21,25)(H,22,23,24). The van der Waals surface area contributed by atoms with Crippen molar-refractivity contribution in [3.8, 4) is 0 Å². The summed E-state index contributed by atoms with van der Waals surface area (Å²) in [6.07, 6.45) is 1.29. The second-order valence-corrected chi connectivity index (χ2v) is 6.31. The average Bonchev–Trinajstić information content (AvgIpc) is 3.05. The van der Waals surface area contributed by atoms with Gasteiger partial charge in [-0.1, -0.05) is 41.4 Å². The first-order valence-corrected chi connectivity index (χ1v) is 8.47. The van der Waals surface area contributed by atoms with E-state index in [0.717, 1.165) is 5.82 Å². The van der Waals surface area contributed by atoms with Crippen LogP contribution in [0.15, 0.2) is 48.5 Å². The number of hydrogen-bond acceptors (Lipinski definition) is 3. The van der Waals surface area contributed by atoms with Gasteiger partial charge in [0.05, 0.1) is 0 Å². The second-order valence-electron chi connectivity index (χ2n) is 5.87. The molecular weight excluding hydrogens is 336 g/mol. The zero-order valence-electron chi connectivity index (χ0n) is 13.9. The SMILES string of the molecule is Cc1ccc(Cc2nc(CCNC(=O)c3ccc(Cl)cc3)n[nH]2)cc1. The summed E-state index contributed by atoms with van der Waals surface area (Å²) in [7, 11) is 0. The molecule has 0 fully saturated rings. The number of carbonyl (C=O) groups is 1. The predicted molar refractivity (Wildman–Crippen MR) is 97.9 cm³/mol. The first-order valence-electron chi connectivity index (χ1n) is 8.09. The number of carbonyl (C=O) groups excluding carboxylic acids is 1. The van der Waals surface area contributed by atoms with Crippen molar-refractivity contribution in [3.63, 3.8) is 0 Å². The zero-order chi connectivity index (χ0) is 17.6. The minimum absolute atomic E-state index is 0.132. The molecule has 0 aliphatic rings. The second kappa shape index (κ2) is 7.94. The van der Waals surface area contributed by atoms with E-state index < -0.39 is 0 Å². The van der Waals surface area contributed by atoms with Crippen molar-refractivity contribution in [3.05, 3.63) is 81.9 Å². The summed E-state index contributed by atoms with van der Waals surface area (Å²) in [5, 5.41) is 10.6. The number of benzene rings is 2. The maximum atomic E-state index is 12.0. The number of H-pyrrole nitrogens is 1. The highest BCUT2D eigenvalue weighted by Crippen LogP contribution is 2.10. The summed E-state index contributed by atoms with van der Waals surface area (Å²) in [6.45, 7) is 2.54. The van der Waals surface area contributed by atoms with Crippen LogP contribution in [0.4, 0.5) is 0 Å². The molecule has 0 bridgehead atoms. The number of amides is 1. The molecule has 1 aromatic heterocycles. The molecule has 0 saturated heterocycles. The van der Waals surface area contributed by atoms with E-state index in [-0.39, 0.29) is 5.91 Å². The zero-order valence-corrected chi connectivity index (χ0v) is 14.7. The third-order valence-corrected chi connectivity index (χ3v) is 4.06. The summed E-state index contributed by atoms with van der Waals surface area (Å²) in [6, 6.07) is 15.1. The summed E-state index contributed by atoms with van der Waals surface area (Å²) in [4.78, 5) is 16.5. The van der Waals surface area contributed by atoms with E-state index in [2.05, 4.69) is 51.7 Å². The van der Waals surface area contributed by atoms with Gasteiger partial charge in [0.2, 0.25) is 0 Å². The van der Waals surface area contributed by atoms with E-state index in [1.54, 1.807) is 24.3 Å². The van der Waals surface area contributed by atoms with Crippen LogP contribution in [0.1, 0.15) is 33.1 Å². The molecule has 0 radical (unpaired) electrons. The number of halogens is 1. The van der Waals surface area contributed by atoms with Gasteiger partial charge in [-0.25, -0.2) is 4.98 Å². The maximum absolute atomic E-state index is 12.0. The molecule has 0 aliphatic heterocycles. The van der Waals surface area contributed by atoms with Crippen molar-refractivity contribution in [2.75, 3.05) is 6.54 Å². The van der Waals surface area contributed by atoms with Gasteiger partial charge in [0.25, 0.3) is 5.91 Å². The first kappa shape index (κ1) is 17.2. The van der Waals surface area contributed by atoms with Crippen LogP contribution in [-0.4, -0.2) is 27.6 Å². The van der Waals surface area contributed by atoms with Gasteiger partial charge in [0.15, 0.2) is 5.82 Å². The molecule has 1 amide bonds. The van der Waals surface area contributed by atoms with Gasteiger partial charge in [-0.2, -0.15) is 5.10 Å². The van der Waals surface area contributed by atoms with E-state index in [9.17, 15) is 4.79 Å². The Morgan fingerprint density at radius 1 is 1.12 bits per heavy atom. The molecule has 0 saturated carbocycles. The first-order chi connectivity index (χ1) is 12.1. The van der Waals surface area contributed by atoms with E-state index >= 15 is 0 Å².